The highest BCUT2D eigenvalue weighted by molar-refractivity contribution is 5.80. The normalized spacial score (nSPS) is 27.3. The largest absolute Gasteiger partial charge is 0.372 e. The van der Waals surface area contributed by atoms with E-state index in [0.29, 0.717) is 32.7 Å². The van der Waals surface area contributed by atoms with E-state index in [9.17, 15) is 9.59 Å². The zero-order valence-electron chi connectivity index (χ0n) is 16.9. The highest BCUT2D eigenvalue weighted by atomic mass is 16.5. The standard InChI is InChI=1S/C21H35N3O3/c1-16-14-24(15-17(2)27-16)20(25)19-9-12-23(13-10-19)21(26)22-11-8-18-6-4-3-5-7-18/h6,16-17,19H,3-5,7-15H2,1-2H3,(H,22,26)/t16-,17-/m0/s1. The predicted molar refractivity (Wildman–Crippen MR) is 105 cm³/mol. The number of carbonyl (C=O) groups excluding carboxylic acids is 2. The molecular weight excluding hydrogens is 342 g/mol. The summed E-state index contributed by atoms with van der Waals surface area (Å²) in [6.07, 6.45) is 9.97. The Balaban J connectivity index is 1.38. The number of allylic oxidation sites excluding steroid dienone is 1. The number of hydrogen-bond acceptors (Lipinski definition) is 3. The van der Waals surface area contributed by atoms with E-state index in [0.717, 1.165) is 19.3 Å². The van der Waals surface area contributed by atoms with Gasteiger partial charge in [0.15, 0.2) is 0 Å². The maximum Gasteiger partial charge on any atom is 0.317 e. The van der Waals surface area contributed by atoms with Gasteiger partial charge in [-0.3, -0.25) is 4.79 Å². The summed E-state index contributed by atoms with van der Waals surface area (Å²) in [4.78, 5) is 29.0. The number of urea groups is 1. The molecule has 2 aliphatic heterocycles. The third kappa shape index (κ3) is 5.71. The summed E-state index contributed by atoms with van der Waals surface area (Å²) < 4.78 is 5.72. The molecule has 0 bridgehead atoms. The van der Waals surface area contributed by atoms with Crippen LogP contribution in [0.2, 0.25) is 0 Å². The van der Waals surface area contributed by atoms with Crippen LogP contribution >= 0.6 is 0 Å². The van der Waals surface area contributed by atoms with E-state index in [1.54, 1.807) is 0 Å². The number of amides is 3. The lowest BCUT2D eigenvalue weighted by atomic mass is 9.95. The van der Waals surface area contributed by atoms with E-state index in [4.69, 9.17) is 4.74 Å². The van der Waals surface area contributed by atoms with Crippen molar-refractivity contribution in [3.8, 4) is 0 Å². The lowest BCUT2D eigenvalue weighted by Gasteiger charge is -2.39. The van der Waals surface area contributed by atoms with Crippen LogP contribution in [0.15, 0.2) is 11.6 Å². The fraction of sp³-hybridized carbons (Fsp3) is 0.810. The van der Waals surface area contributed by atoms with Crippen molar-refractivity contribution in [2.45, 2.75) is 71.0 Å². The van der Waals surface area contributed by atoms with Gasteiger partial charge in [-0.15, -0.1) is 0 Å². The zero-order chi connectivity index (χ0) is 19.2. The van der Waals surface area contributed by atoms with Gasteiger partial charge in [0.2, 0.25) is 5.91 Å². The van der Waals surface area contributed by atoms with Gasteiger partial charge in [-0.25, -0.2) is 4.79 Å². The van der Waals surface area contributed by atoms with Gasteiger partial charge in [-0.1, -0.05) is 11.6 Å². The van der Waals surface area contributed by atoms with E-state index in [2.05, 4.69) is 11.4 Å². The predicted octanol–water partition coefficient (Wildman–Crippen LogP) is 2.93. The van der Waals surface area contributed by atoms with Crippen molar-refractivity contribution in [1.29, 1.82) is 0 Å². The Bertz CT molecular complexity index is 545. The summed E-state index contributed by atoms with van der Waals surface area (Å²) >= 11 is 0. The fourth-order valence-corrected chi connectivity index (χ4v) is 4.52. The van der Waals surface area contributed by atoms with Crippen LogP contribution in [-0.4, -0.2) is 66.7 Å². The van der Waals surface area contributed by atoms with Gasteiger partial charge in [-0.05, 0) is 58.8 Å². The first kappa shape index (κ1) is 20.2. The van der Waals surface area contributed by atoms with E-state index in [1.165, 1.54) is 31.3 Å². The van der Waals surface area contributed by atoms with Crippen molar-refractivity contribution in [3.63, 3.8) is 0 Å². The smallest absolute Gasteiger partial charge is 0.317 e. The Morgan fingerprint density at radius 1 is 1.11 bits per heavy atom. The molecule has 3 aliphatic rings. The van der Waals surface area contributed by atoms with Crippen molar-refractivity contribution in [2.24, 2.45) is 5.92 Å². The number of carbonyl (C=O) groups is 2. The molecule has 3 amide bonds. The van der Waals surface area contributed by atoms with Crippen LogP contribution < -0.4 is 5.32 Å². The summed E-state index contributed by atoms with van der Waals surface area (Å²) in [5.74, 6) is 0.278. The quantitative estimate of drug-likeness (QED) is 0.766. The average Bonchev–Trinajstić information content (AvgIpc) is 2.67. The van der Waals surface area contributed by atoms with Crippen LogP contribution in [0.3, 0.4) is 0 Å². The Hall–Kier alpha value is -1.56. The van der Waals surface area contributed by atoms with Crippen molar-refractivity contribution < 1.29 is 14.3 Å². The van der Waals surface area contributed by atoms with Crippen molar-refractivity contribution in [3.05, 3.63) is 11.6 Å². The van der Waals surface area contributed by atoms with Gasteiger partial charge < -0.3 is 19.9 Å². The summed E-state index contributed by atoms with van der Waals surface area (Å²) in [6.45, 7) is 7.45. The van der Waals surface area contributed by atoms with Crippen LogP contribution in [0.5, 0.6) is 0 Å². The number of morpholine rings is 1. The van der Waals surface area contributed by atoms with Crippen molar-refractivity contribution >= 4 is 11.9 Å². The molecule has 0 aromatic carbocycles. The lowest BCUT2D eigenvalue weighted by Crippen LogP contribution is -2.52. The molecule has 3 rings (SSSR count). The molecule has 2 heterocycles. The first-order valence-corrected chi connectivity index (χ1v) is 10.7. The molecule has 6 heteroatoms. The first-order valence-electron chi connectivity index (χ1n) is 10.7. The van der Waals surface area contributed by atoms with Gasteiger partial charge in [0, 0.05) is 38.6 Å². The monoisotopic (exact) mass is 377 g/mol. The van der Waals surface area contributed by atoms with Gasteiger partial charge in [0.1, 0.15) is 0 Å². The molecule has 1 N–H and O–H groups in total. The van der Waals surface area contributed by atoms with Crippen molar-refractivity contribution in [2.75, 3.05) is 32.7 Å². The molecular formula is C21H35N3O3. The lowest BCUT2D eigenvalue weighted by molar-refractivity contribution is -0.148. The molecule has 6 nitrogen and oxygen atoms in total. The molecule has 2 saturated heterocycles. The molecule has 0 spiro atoms. The summed E-state index contributed by atoms with van der Waals surface area (Å²) in [5, 5.41) is 3.05. The fourth-order valence-electron chi connectivity index (χ4n) is 4.52. The Morgan fingerprint density at radius 2 is 1.81 bits per heavy atom. The second kappa shape index (κ2) is 9.58. The number of rotatable bonds is 4. The number of piperidine rings is 1. The number of likely N-dealkylation sites (tertiary alicyclic amines) is 1. The van der Waals surface area contributed by atoms with Crippen LogP contribution in [0.1, 0.15) is 58.8 Å². The number of nitrogens with one attached hydrogen (secondary N) is 1. The van der Waals surface area contributed by atoms with Gasteiger partial charge in [-0.2, -0.15) is 0 Å². The summed E-state index contributed by atoms with van der Waals surface area (Å²) in [5.41, 5.74) is 1.49. The van der Waals surface area contributed by atoms with Gasteiger partial charge in [0.05, 0.1) is 12.2 Å². The molecule has 152 valence electrons. The Morgan fingerprint density at radius 3 is 2.44 bits per heavy atom. The highest BCUT2D eigenvalue weighted by Gasteiger charge is 2.33. The minimum atomic E-state index is 0.0194. The van der Waals surface area contributed by atoms with Crippen LogP contribution in [0, 0.1) is 5.92 Å². The molecule has 2 atom stereocenters. The Kier molecular flexibility index (Phi) is 7.16. The molecule has 0 aromatic rings. The minimum absolute atomic E-state index is 0.0194. The third-order valence-corrected chi connectivity index (χ3v) is 5.97. The third-order valence-electron chi connectivity index (χ3n) is 5.97. The second-order valence-electron chi connectivity index (χ2n) is 8.35. The number of hydrogen-bond donors (Lipinski definition) is 1. The van der Waals surface area contributed by atoms with Crippen LogP contribution in [0.4, 0.5) is 4.79 Å². The first-order chi connectivity index (χ1) is 13.0. The van der Waals surface area contributed by atoms with E-state index < -0.39 is 0 Å². The highest BCUT2D eigenvalue weighted by Crippen LogP contribution is 2.23. The summed E-state index contributed by atoms with van der Waals surface area (Å²) in [7, 11) is 0. The molecule has 0 aromatic heterocycles. The minimum Gasteiger partial charge on any atom is -0.372 e. The Labute approximate surface area is 163 Å². The zero-order valence-corrected chi connectivity index (χ0v) is 16.9. The van der Waals surface area contributed by atoms with Gasteiger partial charge >= 0.3 is 6.03 Å². The van der Waals surface area contributed by atoms with E-state index in [-0.39, 0.29) is 30.1 Å². The van der Waals surface area contributed by atoms with Crippen LogP contribution in [-0.2, 0) is 9.53 Å². The topological polar surface area (TPSA) is 61.9 Å². The second-order valence-corrected chi connectivity index (χ2v) is 8.35. The van der Waals surface area contributed by atoms with Crippen molar-refractivity contribution in [1.82, 2.24) is 15.1 Å². The molecule has 0 unspecified atom stereocenters. The maximum absolute atomic E-state index is 12.8. The number of nitrogens with zero attached hydrogens (tertiary/aromatic N) is 2. The molecule has 27 heavy (non-hydrogen) atoms. The average molecular weight is 378 g/mol. The van der Waals surface area contributed by atoms with Crippen LogP contribution in [0.25, 0.3) is 0 Å². The maximum atomic E-state index is 12.8. The van der Waals surface area contributed by atoms with E-state index >= 15 is 0 Å². The molecule has 2 fully saturated rings. The van der Waals surface area contributed by atoms with Gasteiger partial charge in [0.25, 0.3) is 0 Å². The molecule has 1 aliphatic carbocycles. The molecule has 0 radical (unpaired) electrons. The summed E-state index contributed by atoms with van der Waals surface area (Å²) in [6, 6.07) is 0.0194. The molecule has 0 saturated carbocycles. The number of ether oxygens (including phenoxy) is 1. The van der Waals surface area contributed by atoms with E-state index in [1.807, 2.05) is 23.6 Å². The SMILES string of the molecule is C[C@H]1CN(C(=O)C2CCN(C(=O)NCCC3=CCCCC3)CC2)C[C@H](C)O1.